The van der Waals surface area contributed by atoms with Gasteiger partial charge in [0.05, 0.1) is 10.2 Å². The third-order valence-electron chi connectivity index (χ3n) is 4.46. The maximum Gasteiger partial charge on any atom is 0.181 e. The predicted octanol–water partition coefficient (Wildman–Crippen LogP) is 4.81. The minimum Gasteiger partial charge on any atom is -0.375 e. The van der Waals surface area contributed by atoms with Gasteiger partial charge in [0.15, 0.2) is 5.13 Å². The van der Waals surface area contributed by atoms with E-state index in [4.69, 9.17) is 10.4 Å². The van der Waals surface area contributed by atoms with E-state index in [0.717, 1.165) is 32.5 Å². The first-order valence-corrected chi connectivity index (χ1v) is 9.13. The summed E-state index contributed by atoms with van der Waals surface area (Å²) in [5.74, 6) is -0.236. The number of hydrogen-bond acceptors (Lipinski definition) is 6. The van der Waals surface area contributed by atoms with E-state index in [9.17, 15) is 4.39 Å². The van der Waals surface area contributed by atoms with Crippen LogP contribution in [0, 0.1) is 5.82 Å². The fourth-order valence-electron chi connectivity index (χ4n) is 3.21. The first-order valence-electron chi connectivity index (χ1n) is 8.32. The number of aromatic nitrogens is 3. The molecule has 3 aromatic carbocycles. The Balaban J connectivity index is 1.66. The second kappa shape index (κ2) is 6.14. The second-order valence-corrected chi connectivity index (χ2v) is 7.38. The van der Waals surface area contributed by atoms with Crippen molar-refractivity contribution in [1.29, 1.82) is 0 Å². The number of nitrogens with zero attached hydrogens (tertiary/aromatic N) is 3. The average Bonchev–Trinajstić information content (AvgIpc) is 3.27. The molecule has 2 heterocycles. The monoisotopic (exact) mass is 376 g/mol. The van der Waals surface area contributed by atoms with Gasteiger partial charge in [-0.25, -0.2) is 14.0 Å². The third-order valence-corrected chi connectivity index (χ3v) is 5.29. The number of nitrogens with two attached hydrogens (primary N) is 1. The SMILES string of the molecule is Nc1nc2c(-c3ccc4nonc4c3)cc(Cc3ccc(F)cc3)cc2s1. The third kappa shape index (κ3) is 2.92. The molecule has 0 radical (unpaired) electrons. The maximum absolute atomic E-state index is 13.2. The maximum atomic E-state index is 13.2. The number of thiazole rings is 1. The Labute approximate surface area is 157 Å². The molecule has 5 rings (SSSR count). The molecule has 5 aromatic rings. The number of halogens is 1. The van der Waals surface area contributed by atoms with E-state index in [1.807, 2.05) is 18.2 Å². The normalized spacial score (nSPS) is 11.4. The van der Waals surface area contributed by atoms with Crippen molar-refractivity contribution in [1.82, 2.24) is 15.3 Å². The van der Waals surface area contributed by atoms with Crippen LogP contribution >= 0.6 is 11.3 Å². The molecule has 0 aliphatic heterocycles. The van der Waals surface area contributed by atoms with Crippen molar-refractivity contribution < 1.29 is 9.02 Å². The largest absolute Gasteiger partial charge is 0.375 e. The summed E-state index contributed by atoms with van der Waals surface area (Å²) < 4.78 is 19.0. The number of anilines is 1. The molecular formula is C20H13FN4OS. The minimum atomic E-state index is -0.236. The molecule has 0 unspecified atom stereocenters. The van der Waals surface area contributed by atoms with Crippen molar-refractivity contribution in [3.8, 4) is 11.1 Å². The summed E-state index contributed by atoms with van der Waals surface area (Å²) >= 11 is 1.45. The first kappa shape index (κ1) is 15.9. The molecule has 0 aliphatic rings. The van der Waals surface area contributed by atoms with Crippen molar-refractivity contribution in [2.24, 2.45) is 0 Å². The average molecular weight is 376 g/mol. The highest BCUT2D eigenvalue weighted by Gasteiger charge is 2.13. The van der Waals surface area contributed by atoms with Crippen LogP contribution in [0.2, 0.25) is 0 Å². The lowest BCUT2D eigenvalue weighted by Gasteiger charge is -2.08. The number of benzene rings is 3. The van der Waals surface area contributed by atoms with Gasteiger partial charge in [0.2, 0.25) is 0 Å². The van der Waals surface area contributed by atoms with Gasteiger partial charge in [0, 0.05) is 5.56 Å². The summed E-state index contributed by atoms with van der Waals surface area (Å²) in [6.07, 6.45) is 0.689. The van der Waals surface area contributed by atoms with Gasteiger partial charge in [-0.2, -0.15) is 0 Å². The molecule has 27 heavy (non-hydrogen) atoms. The molecule has 5 nitrogen and oxygen atoms in total. The summed E-state index contributed by atoms with van der Waals surface area (Å²) in [5.41, 5.74) is 12.3. The van der Waals surface area contributed by atoms with E-state index >= 15 is 0 Å². The summed E-state index contributed by atoms with van der Waals surface area (Å²) in [6, 6.07) is 16.5. The topological polar surface area (TPSA) is 77.8 Å². The van der Waals surface area contributed by atoms with Crippen molar-refractivity contribution >= 4 is 37.7 Å². The zero-order valence-corrected chi connectivity index (χ0v) is 14.8. The van der Waals surface area contributed by atoms with E-state index < -0.39 is 0 Å². The van der Waals surface area contributed by atoms with Crippen LogP contribution in [0.1, 0.15) is 11.1 Å². The molecule has 2 N–H and O–H groups in total. The zero-order chi connectivity index (χ0) is 18.4. The van der Waals surface area contributed by atoms with Crippen LogP contribution in [-0.2, 0) is 6.42 Å². The summed E-state index contributed by atoms with van der Waals surface area (Å²) in [7, 11) is 0. The smallest absolute Gasteiger partial charge is 0.181 e. The molecular weight excluding hydrogens is 363 g/mol. The van der Waals surface area contributed by atoms with E-state index in [2.05, 4.69) is 27.4 Å². The van der Waals surface area contributed by atoms with Gasteiger partial charge in [0.25, 0.3) is 0 Å². The van der Waals surface area contributed by atoms with Crippen LogP contribution < -0.4 is 5.73 Å². The molecule has 0 atom stereocenters. The molecule has 0 bridgehead atoms. The lowest BCUT2D eigenvalue weighted by molar-refractivity contribution is 0.315. The second-order valence-electron chi connectivity index (χ2n) is 6.31. The molecule has 0 saturated carbocycles. The molecule has 2 aromatic heterocycles. The standard InChI is InChI=1S/C20H13FN4OS/c21-14-4-1-11(2-5-14)7-12-8-15(19-18(9-12)27-20(22)23-19)13-3-6-16-17(10-13)25-26-24-16/h1-6,8-10H,7H2,(H2,22,23). The zero-order valence-electron chi connectivity index (χ0n) is 14.0. The Hall–Kier alpha value is -3.32. The van der Waals surface area contributed by atoms with Crippen LogP contribution in [0.5, 0.6) is 0 Å². The van der Waals surface area contributed by atoms with E-state index in [1.54, 1.807) is 12.1 Å². The van der Waals surface area contributed by atoms with Crippen molar-refractivity contribution in [2.75, 3.05) is 5.73 Å². The Kier molecular flexibility index (Phi) is 3.61. The van der Waals surface area contributed by atoms with Gasteiger partial charge >= 0.3 is 0 Å². The molecule has 0 fully saturated rings. The highest BCUT2D eigenvalue weighted by atomic mass is 32.1. The van der Waals surface area contributed by atoms with Gasteiger partial charge in [0.1, 0.15) is 16.9 Å². The summed E-state index contributed by atoms with van der Waals surface area (Å²) in [4.78, 5) is 4.50. The lowest BCUT2D eigenvalue weighted by Crippen LogP contribution is -1.91. The van der Waals surface area contributed by atoms with E-state index in [-0.39, 0.29) is 5.82 Å². The van der Waals surface area contributed by atoms with Crippen LogP contribution in [0.15, 0.2) is 59.2 Å². The van der Waals surface area contributed by atoms with Crippen molar-refractivity contribution in [3.05, 3.63) is 71.5 Å². The number of rotatable bonds is 3. The van der Waals surface area contributed by atoms with Crippen LogP contribution in [0.4, 0.5) is 9.52 Å². The fraction of sp³-hybridized carbons (Fsp3) is 0.0500. The van der Waals surface area contributed by atoms with Crippen molar-refractivity contribution in [3.63, 3.8) is 0 Å². The Morgan fingerprint density at radius 1 is 0.926 bits per heavy atom. The van der Waals surface area contributed by atoms with Gasteiger partial charge in [-0.3, -0.25) is 0 Å². The minimum absolute atomic E-state index is 0.236. The Morgan fingerprint density at radius 2 is 1.74 bits per heavy atom. The summed E-state index contributed by atoms with van der Waals surface area (Å²) in [6.45, 7) is 0. The highest BCUT2D eigenvalue weighted by molar-refractivity contribution is 7.22. The predicted molar refractivity (Wildman–Crippen MR) is 104 cm³/mol. The van der Waals surface area contributed by atoms with Gasteiger partial charge in [-0.05, 0) is 69.8 Å². The van der Waals surface area contributed by atoms with Crippen LogP contribution in [-0.4, -0.2) is 15.3 Å². The number of nitrogen functional groups attached to an aromatic ring is 1. The highest BCUT2D eigenvalue weighted by Crippen LogP contribution is 2.35. The van der Waals surface area contributed by atoms with Gasteiger partial charge in [-0.15, -0.1) is 0 Å². The van der Waals surface area contributed by atoms with Crippen molar-refractivity contribution in [2.45, 2.75) is 6.42 Å². The number of fused-ring (bicyclic) bond motifs is 2. The van der Waals surface area contributed by atoms with Gasteiger partial charge in [-0.1, -0.05) is 29.5 Å². The van der Waals surface area contributed by atoms with Gasteiger partial charge < -0.3 is 5.73 Å². The molecule has 0 saturated heterocycles. The molecule has 0 amide bonds. The van der Waals surface area contributed by atoms with E-state index in [0.29, 0.717) is 22.6 Å². The molecule has 132 valence electrons. The molecule has 0 aliphatic carbocycles. The molecule has 7 heteroatoms. The quantitative estimate of drug-likeness (QED) is 0.489. The van der Waals surface area contributed by atoms with E-state index in [1.165, 1.54) is 23.5 Å². The lowest BCUT2D eigenvalue weighted by atomic mass is 9.98. The summed E-state index contributed by atoms with van der Waals surface area (Å²) in [5, 5.41) is 8.30. The fourth-order valence-corrected chi connectivity index (χ4v) is 4.04. The van der Waals surface area contributed by atoms with Crippen LogP contribution in [0.3, 0.4) is 0 Å². The molecule has 0 spiro atoms. The Bertz CT molecular complexity index is 1280. The van der Waals surface area contributed by atoms with Crippen LogP contribution in [0.25, 0.3) is 32.4 Å². The first-order chi connectivity index (χ1) is 13.2. The Morgan fingerprint density at radius 3 is 2.59 bits per heavy atom. The number of hydrogen-bond donors (Lipinski definition) is 1.